The Morgan fingerprint density at radius 2 is 1.94 bits per heavy atom. The lowest BCUT2D eigenvalue weighted by Gasteiger charge is -2.12. The number of hydrogen-bond acceptors (Lipinski definition) is 4. The molecular weight excluding hydrogens is 208 g/mol. The summed E-state index contributed by atoms with van der Waals surface area (Å²) in [6.45, 7) is -0.505. The number of pyridine rings is 1. The molecule has 0 bridgehead atoms. The summed E-state index contributed by atoms with van der Waals surface area (Å²) >= 11 is 0. The molecule has 1 rings (SSSR count). The topological polar surface area (TPSA) is 82.5 Å². The monoisotopic (exact) mass is 224 g/mol. The number of carbonyl (C=O) groups is 1. The molecule has 1 aromatic heterocycles. The number of aryl methyl sites for hydroxylation is 1. The van der Waals surface area contributed by atoms with Crippen molar-refractivity contribution in [3.63, 3.8) is 0 Å². The maximum atomic E-state index is 11.4. The number of carbonyl (C=O) groups excluding carboxylic acids is 1. The van der Waals surface area contributed by atoms with Crippen LogP contribution >= 0.6 is 0 Å². The maximum Gasteiger partial charge on any atom is 0.220 e. The van der Waals surface area contributed by atoms with Crippen LogP contribution in [0.25, 0.3) is 0 Å². The summed E-state index contributed by atoms with van der Waals surface area (Å²) in [5.41, 5.74) is 1.04. The van der Waals surface area contributed by atoms with E-state index in [9.17, 15) is 4.79 Å². The predicted molar refractivity (Wildman–Crippen MR) is 58.7 cm³/mol. The number of nitrogens with one attached hydrogen (secondary N) is 1. The minimum atomic E-state index is -0.565. The fourth-order valence-corrected chi connectivity index (χ4v) is 1.26. The first kappa shape index (κ1) is 12.6. The van der Waals surface area contributed by atoms with Crippen molar-refractivity contribution in [2.75, 3.05) is 13.2 Å². The Morgan fingerprint density at radius 3 is 2.50 bits per heavy atom. The number of aliphatic hydroxyl groups excluding tert-OH is 2. The van der Waals surface area contributed by atoms with Gasteiger partial charge in [0.15, 0.2) is 0 Å². The lowest BCUT2D eigenvalue weighted by molar-refractivity contribution is -0.122. The van der Waals surface area contributed by atoms with E-state index >= 15 is 0 Å². The van der Waals surface area contributed by atoms with Crippen LogP contribution in [0.1, 0.15) is 12.0 Å². The molecule has 0 saturated heterocycles. The lowest BCUT2D eigenvalue weighted by Crippen LogP contribution is -2.40. The normalized spacial score (nSPS) is 10.4. The van der Waals surface area contributed by atoms with E-state index in [0.29, 0.717) is 12.8 Å². The number of nitrogens with zero attached hydrogens (tertiary/aromatic N) is 1. The van der Waals surface area contributed by atoms with Gasteiger partial charge in [0.1, 0.15) is 0 Å². The highest BCUT2D eigenvalue weighted by atomic mass is 16.3. The van der Waals surface area contributed by atoms with Crippen LogP contribution in [0, 0.1) is 0 Å². The molecule has 0 aromatic carbocycles. The van der Waals surface area contributed by atoms with E-state index in [0.717, 1.165) is 5.56 Å². The van der Waals surface area contributed by atoms with E-state index in [1.54, 1.807) is 12.4 Å². The van der Waals surface area contributed by atoms with Crippen LogP contribution in [-0.4, -0.2) is 40.4 Å². The van der Waals surface area contributed by atoms with Crippen LogP contribution in [0.2, 0.25) is 0 Å². The molecule has 0 aliphatic carbocycles. The molecule has 1 heterocycles. The van der Waals surface area contributed by atoms with E-state index in [2.05, 4.69) is 10.3 Å². The Hall–Kier alpha value is -1.46. The first-order chi connectivity index (χ1) is 7.76. The number of hydrogen-bond donors (Lipinski definition) is 3. The first-order valence-electron chi connectivity index (χ1n) is 5.16. The fourth-order valence-electron chi connectivity index (χ4n) is 1.26. The van der Waals surface area contributed by atoms with Crippen molar-refractivity contribution in [1.29, 1.82) is 0 Å². The van der Waals surface area contributed by atoms with Gasteiger partial charge in [0.25, 0.3) is 0 Å². The summed E-state index contributed by atoms with van der Waals surface area (Å²) < 4.78 is 0. The summed E-state index contributed by atoms with van der Waals surface area (Å²) in [7, 11) is 0. The second-order valence-corrected chi connectivity index (χ2v) is 3.49. The molecule has 88 valence electrons. The Morgan fingerprint density at radius 1 is 1.31 bits per heavy atom. The molecule has 0 unspecified atom stereocenters. The molecule has 16 heavy (non-hydrogen) atoms. The summed E-state index contributed by atoms with van der Waals surface area (Å²) in [6.07, 6.45) is 4.31. The number of aliphatic hydroxyl groups is 2. The van der Waals surface area contributed by atoms with Crippen molar-refractivity contribution in [3.05, 3.63) is 30.1 Å². The van der Waals surface area contributed by atoms with E-state index in [1.807, 2.05) is 12.1 Å². The van der Waals surface area contributed by atoms with Crippen LogP contribution in [0.5, 0.6) is 0 Å². The van der Waals surface area contributed by atoms with E-state index in [-0.39, 0.29) is 19.1 Å². The number of aromatic nitrogens is 1. The maximum absolute atomic E-state index is 11.4. The molecule has 5 heteroatoms. The molecule has 0 aliphatic rings. The minimum absolute atomic E-state index is 0.176. The van der Waals surface area contributed by atoms with E-state index in [1.165, 1.54) is 0 Å². The van der Waals surface area contributed by atoms with E-state index < -0.39 is 6.04 Å². The zero-order chi connectivity index (χ0) is 11.8. The van der Waals surface area contributed by atoms with Gasteiger partial charge in [-0.2, -0.15) is 0 Å². The molecule has 1 amide bonds. The summed E-state index contributed by atoms with van der Waals surface area (Å²) in [5.74, 6) is -0.176. The molecule has 0 radical (unpaired) electrons. The average Bonchev–Trinajstić information content (AvgIpc) is 2.34. The van der Waals surface area contributed by atoms with Crippen molar-refractivity contribution < 1.29 is 15.0 Å². The smallest absolute Gasteiger partial charge is 0.220 e. The van der Waals surface area contributed by atoms with Crippen molar-refractivity contribution >= 4 is 5.91 Å². The Bertz CT molecular complexity index is 312. The van der Waals surface area contributed by atoms with Gasteiger partial charge in [-0.3, -0.25) is 9.78 Å². The number of amides is 1. The molecule has 5 nitrogen and oxygen atoms in total. The average molecular weight is 224 g/mol. The van der Waals surface area contributed by atoms with Gasteiger partial charge in [-0.05, 0) is 24.1 Å². The largest absolute Gasteiger partial charge is 0.394 e. The Labute approximate surface area is 94.1 Å². The molecule has 3 N–H and O–H groups in total. The van der Waals surface area contributed by atoms with Gasteiger partial charge < -0.3 is 15.5 Å². The summed E-state index contributed by atoms with van der Waals surface area (Å²) in [5, 5.41) is 20.1. The zero-order valence-electron chi connectivity index (χ0n) is 8.97. The van der Waals surface area contributed by atoms with Gasteiger partial charge in [-0.25, -0.2) is 0 Å². The Kier molecular flexibility index (Phi) is 5.45. The predicted octanol–water partition coefficient (Wildman–Crippen LogP) is -0.516. The van der Waals surface area contributed by atoms with Gasteiger partial charge in [0.2, 0.25) is 5.91 Å². The van der Waals surface area contributed by atoms with Crippen molar-refractivity contribution in [3.8, 4) is 0 Å². The zero-order valence-corrected chi connectivity index (χ0v) is 8.97. The first-order valence-corrected chi connectivity index (χ1v) is 5.16. The molecule has 0 aliphatic heterocycles. The van der Waals surface area contributed by atoms with E-state index in [4.69, 9.17) is 10.2 Å². The van der Waals surface area contributed by atoms with Crippen LogP contribution in [-0.2, 0) is 11.2 Å². The SMILES string of the molecule is O=C(CCc1ccncc1)NC(CO)CO. The van der Waals surface area contributed by atoms with Crippen LogP contribution < -0.4 is 5.32 Å². The van der Waals surface area contributed by atoms with Crippen LogP contribution in [0.4, 0.5) is 0 Å². The quantitative estimate of drug-likeness (QED) is 0.607. The highest BCUT2D eigenvalue weighted by molar-refractivity contribution is 5.76. The van der Waals surface area contributed by atoms with Gasteiger partial charge in [-0.1, -0.05) is 0 Å². The van der Waals surface area contributed by atoms with Crippen LogP contribution in [0.15, 0.2) is 24.5 Å². The molecule has 0 atom stereocenters. The van der Waals surface area contributed by atoms with Crippen molar-refractivity contribution in [1.82, 2.24) is 10.3 Å². The summed E-state index contributed by atoms with van der Waals surface area (Å²) in [4.78, 5) is 15.3. The third kappa shape index (κ3) is 4.37. The second-order valence-electron chi connectivity index (χ2n) is 3.49. The van der Waals surface area contributed by atoms with Gasteiger partial charge >= 0.3 is 0 Å². The highest BCUT2D eigenvalue weighted by Crippen LogP contribution is 2.00. The highest BCUT2D eigenvalue weighted by Gasteiger charge is 2.09. The summed E-state index contributed by atoms with van der Waals surface area (Å²) in [6, 6.07) is 3.14. The standard InChI is InChI=1S/C11H16N2O3/c14-7-10(8-15)13-11(16)2-1-9-3-5-12-6-4-9/h3-6,10,14-15H,1-2,7-8H2,(H,13,16). The van der Waals surface area contributed by atoms with Crippen molar-refractivity contribution in [2.45, 2.75) is 18.9 Å². The molecular formula is C11H16N2O3. The lowest BCUT2D eigenvalue weighted by atomic mass is 10.1. The third-order valence-electron chi connectivity index (χ3n) is 2.20. The van der Waals surface area contributed by atoms with Crippen LogP contribution in [0.3, 0.4) is 0 Å². The van der Waals surface area contributed by atoms with Gasteiger partial charge in [-0.15, -0.1) is 0 Å². The van der Waals surface area contributed by atoms with Crippen molar-refractivity contribution in [2.24, 2.45) is 0 Å². The molecule has 1 aromatic rings. The molecule has 0 spiro atoms. The fraction of sp³-hybridized carbons (Fsp3) is 0.455. The number of rotatable bonds is 6. The second kappa shape index (κ2) is 6.92. The van der Waals surface area contributed by atoms with Gasteiger partial charge in [0.05, 0.1) is 19.3 Å². The third-order valence-corrected chi connectivity index (χ3v) is 2.20. The Balaban J connectivity index is 2.30. The molecule has 0 saturated carbocycles. The minimum Gasteiger partial charge on any atom is -0.394 e. The van der Waals surface area contributed by atoms with Gasteiger partial charge in [0, 0.05) is 18.8 Å². The molecule has 0 fully saturated rings.